The lowest BCUT2D eigenvalue weighted by Gasteiger charge is -2.25. The van der Waals surface area contributed by atoms with Crippen LogP contribution in [0.15, 0.2) is 42.7 Å². The monoisotopic (exact) mass is 419 g/mol. The van der Waals surface area contributed by atoms with E-state index in [0.29, 0.717) is 11.2 Å². The van der Waals surface area contributed by atoms with Crippen LogP contribution in [0, 0.1) is 5.82 Å². The molecule has 6 heteroatoms. The summed E-state index contributed by atoms with van der Waals surface area (Å²) < 4.78 is 20.6. The molecular weight excluding hydrogens is 409 g/mol. The highest BCUT2D eigenvalue weighted by atomic mass is 79.9. The highest BCUT2D eigenvalue weighted by Crippen LogP contribution is 2.36. The van der Waals surface area contributed by atoms with Gasteiger partial charge in [-0.2, -0.15) is 0 Å². The topological polar surface area (TPSA) is 25.2 Å². The van der Waals surface area contributed by atoms with Gasteiger partial charge < -0.3 is 9.73 Å². The minimum atomic E-state index is -0.179. The molecule has 0 radical (unpaired) electrons. The normalized spacial score (nSPS) is 18.1. The Balaban J connectivity index is 1.74. The van der Waals surface area contributed by atoms with Crippen molar-refractivity contribution < 1.29 is 8.81 Å². The molecule has 1 atom stereocenters. The molecule has 0 spiro atoms. The summed E-state index contributed by atoms with van der Waals surface area (Å²) in [6.07, 6.45) is 0.990. The smallest absolute Gasteiger partial charge is 0.183 e. The lowest BCUT2D eigenvalue weighted by atomic mass is 10.0. The molecule has 1 aliphatic rings. The number of hydrogen-bond donors (Lipinski definition) is 1. The lowest BCUT2D eigenvalue weighted by Crippen LogP contribution is -2.24. The predicted molar refractivity (Wildman–Crippen MR) is 85.4 cm³/mol. The van der Waals surface area contributed by atoms with E-state index in [9.17, 15) is 4.39 Å². The van der Waals surface area contributed by atoms with Crippen molar-refractivity contribution >= 4 is 43.6 Å². The van der Waals surface area contributed by atoms with Crippen molar-refractivity contribution in [3.05, 3.63) is 50.5 Å². The van der Waals surface area contributed by atoms with Crippen LogP contribution in [0.3, 0.4) is 0 Å². The van der Waals surface area contributed by atoms with E-state index in [1.807, 2.05) is 12.1 Å². The molecule has 106 valence electrons. The molecule has 0 saturated heterocycles. The Morgan fingerprint density at radius 2 is 2.20 bits per heavy atom. The van der Waals surface area contributed by atoms with E-state index in [-0.39, 0.29) is 11.9 Å². The second-order valence-corrected chi connectivity index (χ2v) is 7.30. The standard InChI is InChI=1S/C14H12Br2FNOS/c15-11-6-9(19-14(11)16)7-18-12-3-4-20-13-2-1-8(17)5-10(12)13/h1-2,5-6,12,18H,3-4,7H2. The largest absolute Gasteiger partial charge is 0.452 e. The van der Waals surface area contributed by atoms with E-state index in [1.54, 1.807) is 17.8 Å². The Morgan fingerprint density at radius 1 is 1.35 bits per heavy atom. The number of hydrogen-bond acceptors (Lipinski definition) is 3. The Morgan fingerprint density at radius 3 is 2.95 bits per heavy atom. The van der Waals surface area contributed by atoms with Gasteiger partial charge in [0.25, 0.3) is 0 Å². The summed E-state index contributed by atoms with van der Waals surface area (Å²) in [7, 11) is 0. The number of thioether (sulfide) groups is 1. The first kappa shape index (κ1) is 14.6. The van der Waals surface area contributed by atoms with Crippen LogP contribution in [0.4, 0.5) is 4.39 Å². The average molecular weight is 421 g/mol. The van der Waals surface area contributed by atoms with Gasteiger partial charge in [-0.15, -0.1) is 11.8 Å². The highest BCUT2D eigenvalue weighted by Gasteiger charge is 2.21. The van der Waals surface area contributed by atoms with Crippen LogP contribution in [0.5, 0.6) is 0 Å². The van der Waals surface area contributed by atoms with Crippen LogP contribution in [-0.4, -0.2) is 5.75 Å². The Labute approximate surface area is 137 Å². The van der Waals surface area contributed by atoms with Gasteiger partial charge in [0.2, 0.25) is 0 Å². The fraction of sp³-hybridized carbons (Fsp3) is 0.286. The molecule has 1 N–H and O–H groups in total. The van der Waals surface area contributed by atoms with Crippen molar-refractivity contribution in [1.29, 1.82) is 0 Å². The van der Waals surface area contributed by atoms with Gasteiger partial charge in [0.05, 0.1) is 11.0 Å². The van der Waals surface area contributed by atoms with Gasteiger partial charge >= 0.3 is 0 Å². The first-order chi connectivity index (χ1) is 9.63. The van der Waals surface area contributed by atoms with E-state index >= 15 is 0 Å². The number of nitrogens with one attached hydrogen (secondary N) is 1. The van der Waals surface area contributed by atoms with Crippen LogP contribution in [-0.2, 0) is 6.54 Å². The van der Waals surface area contributed by atoms with Gasteiger partial charge in [0.15, 0.2) is 4.67 Å². The van der Waals surface area contributed by atoms with Gasteiger partial charge in [0.1, 0.15) is 11.6 Å². The van der Waals surface area contributed by atoms with E-state index in [1.165, 1.54) is 6.07 Å². The SMILES string of the molecule is Fc1ccc2c(c1)C(NCc1cc(Br)c(Br)o1)CCS2. The number of benzene rings is 1. The maximum absolute atomic E-state index is 13.4. The molecular formula is C14H12Br2FNOS. The van der Waals surface area contributed by atoms with Crippen molar-refractivity contribution in [1.82, 2.24) is 5.32 Å². The molecule has 2 nitrogen and oxygen atoms in total. The van der Waals surface area contributed by atoms with Gasteiger partial charge in [-0.1, -0.05) is 0 Å². The van der Waals surface area contributed by atoms with Crippen molar-refractivity contribution in [2.45, 2.75) is 23.9 Å². The Kier molecular flexibility index (Phi) is 4.55. The summed E-state index contributed by atoms with van der Waals surface area (Å²) in [4.78, 5) is 1.16. The zero-order chi connectivity index (χ0) is 14.1. The molecule has 1 aliphatic heterocycles. The molecule has 0 bridgehead atoms. The Hall–Kier alpha value is -0.300. The van der Waals surface area contributed by atoms with E-state index in [2.05, 4.69) is 37.2 Å². The molecule has 2 aromatic rings. The van der Waals surface area contributed by atoms with Crippen LogP contribution in [0.25, 0.3) is 0 Å². The molecule has 1 aromatic heterocycles. The quantitative estimate of drug-likeness (QED) is 0.731. The van der Waals surface area contributed by atoms with Crippen LogP contribution < -0.4 is 5.32 Å². The molecule has 1 unspecified atom stereocenters. The first-order valence-electron chi connectivity index (χ1n) is 6.23. The Bertz CT molecular complexity index is 612. The van der Waals surface area contributed by atoms with Crippen LogP contribution in [0.1, 0.15) is 23.8 Å². The summed E-state index contributed by atoms with van der Waals surface area (Å²) in [6.45, 7) is 0.621. The van der Waals surface area contributed by atoms with Crippen molar-refractivity contribution in [2.24, 2.45) is 0 Å². The second kappa shape index (κ2) is 6.22. The number of rotatable bonds is 3. The molecule has 2 heterocycles. The third-order valence-corrected chi connectivity index (χ3v) is 6.06. The summed E-state index contributed by atoms with van der Waals surface area (Å²) in [5.74, 6) is 1.71. The summed E-state index contributed by atoms with van der Waals surface area (Å²) in [5, 5.41) is 3.45. The zero-order valence-corrected chi connectivity index (χ0v) is 14.4. The van der Waals surface area contributed by atoms with Gasteiger partial charge in [-0.25, -0.2) is 4.39 Å². The van der Waals surface area contributed by atoms with Crippen molar-refractivity contribution in [3.8, 4) is 0 Å². The summed E-state index contributed by atoms with van der Waals surface area (Å²) in [6, 6.07) is 7.12. The lowest BCUT2D eigenvalue weighted by molar-refractivity contribution is 0.428. The molecule has 3 rings (SSSR count). The van der Waals surface area contributed by atoms with E-state index in [0.717, 1.165) is 32.9 Å². The number of halogens is 3. The molecule has 0 fully saturated rings. The van der Waals surface area contributed by atoms with Crippen molar-refractivity contribution in [3.63, 3.8) is 0 Å². The molecule has 20 heavy (non-hydrogen) atoms. The maximum atomic E-state index is 13.4. The first-order valence-corrected chi connectivity index (χ1v) is 8.80. The summed E-state index contributed by atoms with van der Waals surface area (Å²) >= 11 is 8.50. The van der Waals surface area contributed by atoms with Gasteiger partial charge in [-0.05, 0) is 73.9 Å². The maximum Gasteiger partial charge on any atom is 0.183 e. The minimum Gasteiger partial charge on any atom is -0.452 e. The zero-order valence-electron chi connectivity index (χ0n) is 10.5. The molecule has 0 aliphatic carbocycles. The molecule has 1 aromatic carbocycles. The molecule has 0 saturated carbocycles. The minimum absolute atomic E-state index is 0.171. The van der Waals surface area contributed by atoms with Gasteiger partial charge in [0, 0.05) is 10.9 Å². The predicted octanol–water partition coefficient (Wildman–Crippen LogP) is 5.27. The van der Waals surface area contributed by atoms with Crippen LogP contribution in [0.2, 0.25) is 0 Å². The second-order valence-electron chi connectivity index (χ2n) is 4.59. The summed E-state index contributed by atoms with van der Waals surface area (Å²) in [5.41, 5.74) is 1.05. The highest BCUT2D eigenvalue weighted by molar-refractivity contribution is 9.13. The van der Waals surface area contributed by atoms with E-state index < -0.39 is 0 Å². The third-order valence-electron chi connectivity index (χ3n) is 3.23. The van der Waals surface area contributed by atoms with Crippen LogP contribution >= 0.6 is 43.6 Å². The van der Waals surface area contributed by atoms with E-state index in [4.69, 9.17) is 4.42 Å². The third kappa shape index (κ3) is 3.13. The average Bonchev–Trinajstić information content (AvgIpc) is 2.75. The van der Waals surface area contributed by atoms with Gasteiger partial charge in [-0.3, -0.25) is 0 Å². The number of furan rings is 1. The fourth-order valence-corrected chi connectivity index (χ4v) is 4.04. The fourth-order valence-electron chi connectivity index (χ4n) is 2.28. The molecule has 0 amide bonds. The van der Waals surface area contributed by atoms with Crippen molar-refractivity contribution in [2.75, 3.05) is 5.75 Å². The number of fused-ring (bicyclic) bond motifs is 1.